The Labute approximate surface area is 128 Å². The second kappa shape index (κ2) is 8.35. The van der Waals surface area contributed by atoms with Crippen molar-refractivity contribution in [2.45, 2.75) is 39.7 Å². The van der Waals surface area contributed by atoms with E-state index in [0.29, 0.717) is 5.92 Å². The summed E-state index contributed by atoms with van der Waals surface area (Å²) in [7, 11) is 1.79. The topological polar surface area (TPSA) is 37.4 Å². The van der Waals surface area contributed by atoms with Gasteiger partial charge in [-0.2, -0.15) is 0 Å². The van der Waals surface area contributed by atoms with Crippen molar-refractivity contribution in [3.63, 3.8) is 0 Å². The number of ether oxygens (including phenoxy) is 1. The summed E-state index contributed by atoms with van der Waals surface area (Å²) in [4.78, 5) is 7.14. The van der Waals surface area contributed by atoms with Gasteiger partial charge in [0.2, 0.25) is 0 Å². The minimum Gasteiger partial charge on any atom is -0.384 e. The molecule has 0 amide bonds. The van der Waals surface area contributed by atoms with Crippen LogP contribution in [0.2, 0.25) is 0 Å². The highest BCUT2D eigenvalue weighted by atomic mass is 16.5. The lowest BCUT2D eigenvalue weighted by molar-refractivity contribution is 0.143. The molecule has 0 aromatic carbocycles. The van der Waals surface area contributed by atoms with E-state index in [1.165, 1.54) is 30.4 Å². The summed E-state index contributed by atoms with van der Waals surface area (Å²) in [5.74, 6) is 1.78. The largest absolute Gasteiger partial charge is 0.384 e. The third-order valence-corrected chi connectivity index (χ3v) is 4.08. The van der Waals surface area contributed by atoms with Crippen molar-refractivity contribution in [3.8, 4) is 0 Å². The Morgan fingerprint density at radius 1 is 1.48 bits per heavy atom. The third-order valence-electron chi connectivity index (χ3n) is 4.08. The van der Waals surface area contributed by atoms with Gasteiger partial charge in [-0.3, -0.25) is 0 Å². The Morgan fingerprint density at radius 2 is 2.33 bits per heavy atom. The molecule has 0 spiro atoms. The van der Waals surface area contributed by atoms with E-state index in [1.807, 2.05) is 6.20 Å². The number of hydrogen-bond acceptors (Lipinski definition) is 4. The van der Waals surface area contributed by atoms with Gasteiger partial charge in [0.05, 0.1) is 6.61 Å². The number of hydrogen-bond donors (Lipinski definition) is 1. The summed E-state index contributed by atoms with van der Waals surface area (Å²) >= 11 is 0. The van der Waals surface area contributed by atoms with Gasteiger partial charge < -0.3 is 15.0 Å². The van der Waals surface area contributed by atoms with Gasteiger partial charge in [-0.15, -0.1) is 0 Å². The normalized spacial score (nSPS) is 19.0. The lowest BCUT2D eigenvalue weighted by Gasteiger charge is -2.34. The van der Waals surface area contributed by atoms with Gasteiger partial charge in [-0.1, -0.05) is 6.92 Å². The molecular weight excluding hydrogens is 262 g/mol. The Balaban J connectivity index is 1.99. The Morgan fingerprint density at radius 3 is 3.05 bits per heavy atom. The van der Waals surface area contributed by atoms with E-state index in [2.05, 4.69) is 30.1 Å². The highest BCUT2D eigenvalue weighted by molar-refractivity contribution is 5.47. The van der Waals surface area contributed by atoms with Crippen LogP contribution in [0.25, 0.3) is 0 Å². The number of nitrogens with one attached hydrogen (secondary N) is 1. The lowest BCUT2D eigenvalue weighted by Crippen LogP contribution is -2.38. The van der Waals surface area contributed by atoms with Crippen LogP contribution in [0.1, 0.15) is 37.3 Å². The predicted octanol–water partition coefficient (Wildman–Crippen LogP) is 2.75. The number of rotatable bonds is 7. The summed E-state index contributed by atoms with van der Waals surface area (Å²) in [5.41, 5.74) is 2.55. The average molecular weight is 291 g/mol. The molecule has 0 radical (unpaired) electrons. The van der Waals surface area contributed by atoms with Crippen molar-refractivity contribution in [2.24, 2.45) is 5.92 Å². The summed E-state index contributed by atoms with van der Waals surface area (Å²) in [5, 5.41) is 3.43. The Kier molecular flexibility index (Phi) is 6.46. The molecule has 0 aliphatic carbocycles. The number of anilines is 1. The Bertz CT molecular complexity index is 434. The van der Waals surface area contributed by atoms with E-state index in [0.717, 1.165) is 38.6 Å². The molecule has 0 bridgehead atoms. The molecule has 1 aromatic heterocycles. The second-order valence-corrected chi connectivity index (χ2v) is 6.07. The monoisotopic (exact) mass is 291 g/mol. The van der Waals surface area contributed by atoms with E-state index in [9.17, 15) is 0 Å². The van der Waals surface area contributed by atoms with Crippen LogP contribution >= 0.6 is 0 Å². The summed E-state index contributed by atoms with van der Waals surface area (Å²) in [6.07, 6.45) is 5.68. The van der Waals surface area contributed by atoms with Gasteiger partial charge in [0.25, 0.3) is 0 Å². The van der Waals surface area contributed by atoms with Crippen LogP contribution in [-0.2, 0) is 11.3 Å². The van der Waals surface area contributed by atoms with Gasteiger partial charge in [0.1, 0.15) is 5.82 Å². The first kappa shape index (κ1) is 16.2. The molecule has 2 heterocycles. The lowest BCUT2D eigenvalue weighted by atomic mass is 9.98. The maximum Gasteiger partial charge on any atom is 0.131 e. The van der Waals surface area contributed by atoms with E-state index in [1.54, 1.807) is 7.11 Å². The average Bonchev–Trinajstić information content (AvgIpc) is 2.48. The zero-order valence-electron chi connectivity index (χ0n) is 13.7. The predicted molar refractivity (Wildman–Crippen MR) is 87.8 cm³/mol. The third kappa shape index (κ3) is 4.68. The molecule has 0 saturated carbocycles. The maximum absolute atomic E-state index is 5.31. The fourth-order valence-corrected chi connectivity index (χ4v) is 3.09. The maximum atomic E-state index is 5.31. The zero-order valence-corrected chi connectivity index (χ0v) is 13.7. The van der Waals surface area contributed by atoms with Crippen molar-refractivity contribution in [3.05, 3.63) is 23.4 Å². The molecule has 1 aliphatic rings. The van der Waals surface area contributed by atoms with Crippen LogP contribution in [0.5, 0.6) is 0 Å². The van der Waals surface area contributed by atoms with Crippen molar-refractivity contribution in [2.75, 3.05) is 38.3 Å². The summed E-state index contributed by atoms with van der Waals surface area (Å²) in [6, 6.07) is 2.27. The standard InChI is InChI=1S/C17H29N3O/c1-4-7-18-10-16-9-14(2)17(19-11-16)20-8-5-6-15(12-20)13-21-3/h9,11,15,18H,4-8,10,12-13H2,1-3H3. The first-order valence-corrected chi connectivity index (χ1v) is 8.14. The number of aromatic nitrogens is 1. The molecule has 1 aliphatic heterocycles. The number of aryl methyl sites for hydroxylation is 1. The number of nitrogens with zero attached hydrogens (tertiary/aromatic N) is 2. The minimum atomic E-state index is 0.635. The molecule has 118 valence electrons. The quantitative estimate of drug-likeness (QED) is 0.784. The van der Waals surface area contributed by atoms with Gasteiger partial charge in [0, 0.05) is 32.9 Å². The molecule has 4 heteroatoms. The van der Waals surface area contributed by atoms with Crippen LogP contribution in [0.15, 0.2) is 12.3 Å². The molecule has 1 unspecified atom stereocenters. The highest BCUT2D eigenvalue weighted by Gasteiger charge is 2.21. The molecule has 2 rings (SSSR count). The van der Waals surface area contributed by atoms with Crippen LogP contribution in [0.3, 0.4) is 0 Å². The van der Waals surface area contributed by atoms with Crippen molar-refractivity contribution < 1.29 is 4.74 Å². The molecule has 4 nitrogen and oxygen atoms in total. The van der Waals surface area contributed by atoms with Gasteiger partial charge in [0.15, 0.2) is 0 Å². The zero-order chi connectivity index (χ0) is 15.1. The van der Waals surface area contributed by atoms with Crippen molar-refractivity contribution in [1.29, 1.82) is 0 Å². The fraction of sp³-hybridized carbons (Fsp3) is 0.706. The molecule has 1 fully saturated rings. The fourth-order valence-electron chi connectivity index (χ4n) is 3.09. The first-order valence-electron chi connectivity index (χ1n) is 8.14. The SMILES string of the molecule is CCCNCc1cnc(N2CCCC(COC)C2)c(C)c1. The summed E-state index contributed by atoms with van der Waals surface area (Å²) < 4.78 is 5.31. The van der Waals surface area contributed by atoms with Gasteiger partial charge in [-0.05, 0) is 55.8 Å². The van der Waals surface area contributed by atoms with E-state index >= 15 is 0 Å². The van der Waals surface area contributed by atoms with E-state index in [4.69, 9.17) is 9.72 Å². The minimum absolute atomic E-state index is 0.635. The van der Waals surface area contributed by atoms with E-state index in [-0.39, 0.29) is 0 Å². The smallest absolute Gasteiger partial charge is 0.131 e. The molecular formula is C17H29N3O. The van der Waals surface area contributed by atoms with Crippen LogP contribution in [-0.4, -0.2) is 38.3 Å². The van der Waals surface area contributed by atoms with Crippen LogP contribution in [0, 0.1) is 12.8 Å². The number of methoxy groups -OCH3 is 1. The van der Waals surface area contributed by atoms with Gasteiger partial charge >= 0.3 is 0 Å². The first-order chi connectivity index (χ1) is 10.2. The molecule has 1 aromatic rings. The molecule has 1 N–H and O–H groups in total. The Hall–Kier alpha value is -1.13. The number of pyridine rings is 1. The second-order valence-electron chi connectivity index (χ2n) is 6.07. The number of piperidine rings is 1. The molecule has 21 heavy (non-hydrogen) atoms. The van der Waals surface area contributed by atoms with Crippen LogP contribution < -0.4 is 10.2 Å². The summed E-state index contributed by atoms with van der Waals surface area (Å²) in [6.45, 7) is 9.36. The highest BCUT2D eigenvalue weighted by Crippen LogP contribution is 2.24. The van der Waals surface area contributed by atoms with E-state index < -0.39 is 0 Å². The molecule has 1 atom stereocenters. The van der Waals surface area contributed by atoms with Crippen molar-refractivity contribution in [1.82, 2.24) is 10.3 Å². The van der Waals surface area contributed by atoms with Gasteiger partial charge in [-0.25, -0.2) is 4.98 Å². The van der Waals surface area contributed by atoms with Crippen molar-refractivity contribution >= 4 is 5.82 Å². The molecule has 1 saturated heterocycles. The van der Waals surface area contributed by atoms with Crippen LogP contribution in [0.4, 0.5) is 5.82 Å².